The van der Waals surface area contributed by atoms with Gasteiger partial charge in [-0.2, -0.15) is 4.31 Å². The molecule has 0 unspecified atom stereocenters. The lowest BCUT2D eigenvalue weighted by atomic mass is 10.1. The van der Waals surface area contributed by atoms with Crippen molar-refractivity contribution in [2.75, 3.05) is 37.3 Å². The largest absolute Gasteiger partial charge is 0.367 e. The molecule has 7 nitrogen and oxygen atoms in total. The van der Waals surface area contributed by atoms with Crippen molar-refractivity contribution >= 4 is 36.5 Å². The quantitative estimate of drug-likeness (QED) is 0.528. The SMILES string of the molecule is CS(=O)(=O)N1CCN(c2c(S(=O)(=O)c3ccc(F)c(F)c3)cnc3ccc(F)cc23)CC1. The summed E-state index contributed by atoms with van der Waals surface area (Å²) in [6, 6.07) is 5.95. The predicted molar refractivity (Wildman–Crippen MR) is 112 cm³/mol. The third-order valence-corrected chi connectivity index (χ3v) is 8.34. The van der Waals surface area contributed by atoms with Crippen molar-refractivity contribution in [3.63, 3.8) is 0 Å². The number of fused-ring (bicyclic) bond motifs is 1. The van der Waals surface area contributed by atoms with Gasteiger partial charge < -0.3 is 4.90 Å². The lowest BCUT2D eigenvalue weighted by Crippen LogP contribution is -2.48. The van der Waals surface area contributed by atoms with Gasteiger partial charge in [-0.25, -0.2) is 30.0 Å². The normalized spacial score (nSPS) is 15.9. The molecule has 0 bridgehead atoms. The maximum absolute atomic E-state index is 14.1. The van der Waals surface area contributed by atoms with Crippen LogP contribution < -0.4 is 4.90 Å². The molecule has 0 aliphatic carbocycles. The molecule has 0 spiro atoms. The first-order chi connectivity index (χ1) is 15.0. The van der Waals surface area contributed by atoms with E-state index >= 15 is 0 Å². The van der Waals surface area contributed by atoms with Crippen LogP contribution in [-0.2, 0) is 19.9 Å². The molecule has 3 aromatic rings. The summed E-state index contributed by atoms with van der Waals surface area (Å²) < 4.78 is 92.9. The highest BCUT2D eigenvalue weighted by molar-refractivity contribution is 7.91. The number of rotatable bonds is 4. The van der Waals surface area contributed by atoms with Gasteiger partial charge in [-0.3, -0.25) is 4.98 Å². The molecule has 0 N–H and O–H groups in total. The Morgan fingerprint density at radius 1 is 0.875 bits per heavy atom. The summed E-state index contributed by atoms with van der Waals surface area (Å²) in [4.78, 5) is 4.96. The first-order valence-electron chi connectivity index (χ1n) is 9.47. The number of aromatic nitrogens is 1. The summed E-state index contributed by atoms with van der Waals surface area (Å²) in [5.41, 5.74) is 0.462. The molecule has 2 heterocycles. The third kappa shape index (κ3) is 4.05. The van der Waals surface area contributed by atoms with Crippen LogP contribution in [0.1, 0.15) is 0 Å². The molecule has 0 atom stereocenters. The van der Waals surface area contributed by atoms with Crippen LogP contribution in [-0.4, -0.2) is 58.6 Å². The molecule has 32 heavy (non-hydrogen) atoms. The number of sulfone groups is 1. The molecule has 4 rings (SSSR count). The Morgan fingerprint density at radius 2 is 1.56 bits per heavy atom. The monoisotopic (exact) mass is 485 g/mol. The number of sulfonamides is 1. The minimum Gasteiger partial charge on any atom is -0.367 e. The van der Waals surface area contributed by atoms with Crippen molar-refractivity contribution in [2.24, 2.45) is 0 Å². The Labute approximate surface area is 183 Å². The second-order valence-corrected chi connectivity index (χ2v) is 11.3. The van der Waals surface area contributed by atoms with Crippen molar-refractivity contribution in [3.05, 3.63) is 60.0 Å². The number of halogens is 3. The van der Waals surface area contributed by atoms with Gasteiger partial charge in [0.05, 0.1) is 22.4 Å². The van der Waals surface area contributed by atoms with E-state index in [4.69, 9.17) is 0 Å². The highest BCUT2D eigenvalue weighted by Gasteiger charge is 2.31. The Balaban J connectivity index is 1.89. The first-order valence-corrected chi connectivity index (χ1v) is 12.8. The van der Waals surface area contributed by atoms with Crippen LogP contribution in [0.2, 0.25) is 0 Å². The molecular weight excluding hydrogens is 467 g/mol. The molecule has 0 saturated carbocycles. The van der Waals surface area contributed by atoms with Crippen molar-refractivity contribution in [1.29, 1.82) is 0 Å². The number of benzene rings is 2. The summed E-state index contributed by atoms with van der Waals surface area (Å²) in [7, 11) is -7.80. The molecular formula is C20H18F3N3O4S2. The summed E-state index contributed by atoms with van der Waals surface area (Å²) in [5.74, 6) is -3.13. The van der Waals surface area contributed by atoms with Gasteiger partial charge in [0.25, 0.3) is 0 Å². The molecule has 170 valence electrons. The first kappa shape index (κ1) is 22.5. The van der Waals surface area contributed by atoms with Crippen molar-refractivity contribution < 1.29 is 30.0 Å². The molecule has 0 amide bonds. The maximum Gasteiger partial charge on any atom is 0.211 e. The molecule has 12 heteroatoms. The highest BCUT2D eigenvalue weighted by atomic mass is 32.2. The van der Waals surface area contributed by atoms with Crippen LogP contribution >= 0.6 is 0 Å². The van der Waals surface area contributed by atoms with Gasteiger partial charge in [-0.15, -0.1) is 0 Å². The van der Waals surface area contributed by atoms with Crippen LogP contribution in [0.25, 0.3) is 10.9 Å². The fourth-order valence-corrected chi connectivity index (χ4v) is 5.94. The smallest absolute Gasteiger partial charge is 0.211 e. The second kappa shape index (κ2) is 8.01. The number of nitrogens with zero attached hydrogens (tertiary/aromatic N) is 3. The number of hydrogen-bond acceptors (Lipinski definition) is 6. The molecule has 1 fully saturated rings. The number of pyridine rings is 1. The lowest BCUT2D eigenvalue weighted by Gasteiger charge is -2.36. The van der Waals surface area contributed by atoms with Gasteiger partial charge in [0.15, 0.2) is 11.6 Å². The highest BCUT2D eigenvalue weighted by Crippen LogP contribution is 2.37. The number of hydrogen-bond donors (Lipinski definition) is 0. The van der Waals surface area contributed by atoms with E-state index in [0.717, 1.165) is 24.6 Å². The van der Waals surface area contributed by atoms with Gasteiger partial charge in [-0.05, 0) is 36.4 Å². The minimum atomic E-state index is -4.37. The van der Waals surface area contributed by atoms with Crippen molar-refractivity contribution in [2.45, 2.75) is 9.79 Å². The van der Waals surface area contributed by atoms with Gasteiger partial charge in [0.1, 0.15) is 10.7 Å². The summed E-state index contributed by atoms with van der Waals surface area (Å²) in [6.07, 6.45) is 2.17. The van der Waals surface area contributed by atoms with Crippen LogP contribution in [0.4, 0.5) is 18.9 Å². The Hall–Kier alpha value is -2.70. The van der Waals surface area contributed by atoms with Crippen LogP contribution in [0, 0.1) is 17.5 Å². The molecule has 1 aromatic heterocycles. The van der Waals surface area contributed by atoms with Crippen LogP contribution in [0.5, 0.6) is 0 Å². The summed E-state index contributed by atoms with van der Waals surface area (Å²) in [6.45, 7) is 0.483. The fourth-order valence-electron chi connectivity index (χ4n) is 3.67. The van der Waals surface area contributed by atoms with Crippen molar-refractivity contribution in [3.8, 4) is 0 Å². The van der Waals surface area contributed by atoms with Gasteiger partial charge in [-0.1, -0.05) is 0 Å². The second-order valence-electron chi connectivity index (χ2n) is 7.36. The topological polar surface area (TPSA) is 87.7 Å². The average molecular weight is 486 g/mol. The van der Waals surface area contributed by atoms with Crippen molar-refractivity contribution in [1.82, 2.24) is 9.29 Å². The van der Waals surface area contributed by atoms with E-state index in [1.807, 2.05) is 0 Å². The predicted octanol–water partition coefficient (Wildman–Crippen LogP) is 2.57. The van der Waals surface area contributed by atoms with Gasteiger partial charge >= 0.3 is 0 Å². The number of piperazine rings is 1. The molecule has 1 saturated heterocycles. The Kier molecular flexibility index (Phi) is 5.63. The molecule has 0 radical (unpaired) electrons. The average Bonchev–Trinajstić information content (AvgIpc) is 2.74. The lowest BCUT2D eigenvalue weighted by molar-refractivity contribution is 0.387. The zero-order valence-corrected chi connectivity index (χ0v) is 18.4. The zero-order chi connectivity index (χ0) is 23.3. The zero-order valence-electron chi connectivity index (χ0n) is 16.8. The van der Waals surface area contributed by atoms with E-state index in [2.05, 4.69) is 4.98 Å². The van der Waals surface area contributed by atoms with Crippen LogP contribution in [0.3, 0.4) is 0 Å². The van der Waals surface area contributed by atoms with Gasteiger partial charge in [0, 0.05) is 37.8 Å². The van der Waals surface area contributed by atoms with E-state index < -0.39 is 42.2 Å². The fraction of sp³-hybridized carbons (Fsp3) is 0.250. The number of anilines is 1. The third-order valence-electron chi connectivity index (χ3n) is 5.28. The van der Waals surface area contributed by atoms with E-state index in [9.17, 15) is 30.0 Å². The van der Waals surface area contributed by atoms with Gasteiger partial charge in [0.2, 0.25) is 19.9 Å². The van der Waals surface area contributed by atoms with E-state index in [0.29, 0.717) is 17.6 Å². The molecule has 2 aromatic carbocycles. The Morgan fingerprint density at radius 3 is 2.19 bits per heavy atom. The summed E-state index contributed by atoms with van der Waals surface area (Å²) in [5, 5.41) is 0.210. The molecule has 1 aliphatic rings. The van der Waals surface area contributed by atoms with E-state index in [1.165, 1.54) is 16.4 Å². The standard InChI is InChI=1S/C20H18F3N3O4S2/c1-31(27,28)26-8-6-25(7-9-26)20-15-10-13(21)2-5-18(15)24-12-19(20)32(29,30)14-3-4-16(22)17(23)11-14/h2-5,10-12H,6-9H2,1H3. The van der Waals surface area contributed by atoms with E-state index in [1.54, 1.807) is 4.90 Å². The minimum absolute atomic E-state index is 0.0998. The maximum atomic E-state index is 14.1. The Bertz CT molecular complexity index is 1420. The van der Waals surface area contributed by atoms with Crippen LogP contribution in [0.15, 0.2) is 52.4 Å². The summed E-state index contributed by atoms with van der Waals surface area (Å²) >= 11 is 0. The molecule has 1 aliphatic heterocycles. The van der Waals surface area contributed by atoms with E-state index in [-0.39, 0.29) is 42.1 Å².